The number of nitrogens with zero attached hydrogens (tertiary/aromatic N) is 7. The Labute approximate surface area is 432 Å². The number of ether oxygens (including phenoxy) is 2. The Balaban J connectivity index is 0.909. The number of amides is 3. The van der Waals surface area contributed by atoms with Gasteiger partial charge in [-0.3, -0.25) is 19.5 Å². The minimum atomic E-state index is -3.89. The maximum absolute atomic E-state index is 14.7. The number of benzene rings is 3. The lowest BCUT2D eigenvalue weighted by Crippen LogP contribution is -2.60. The standard InChI is InChI=1S/C55H67N11O7S/c1-10-47(67)61-49(54(4,5)6)53(69)66-29-36-24-38(19-18-35(36)25-43(66)52(68)60-41-17-13-15-34-14-11-12-16-39(34)41)73-48-28-46(57-31-58-48)65-22-20-37(21-23-65)72-44-27-42-40(26-45(44)74(70,71)55(7,8)9)51(59-30-56-42)62-50-32(2)33(3)63-64-50/h11-12,14,16,18-19,24,26-28,30-31,37,41,43,49H,10,13,15,17,20-23,25,29H2,1-9H3,(H,60,68)(H,61,67)(H2,56,59,62,63,64)/t41-,43+,49-/m1/s1. The Kier molecular flexibility index (Phi) is 14.4. The number of H-pyrrole nitrogens is 1. The molecule has 3 aliphatic rings. The number of carbonyl (C=O) groups is 3. The molecule has 1 fully saturated rings. The van der Waals surface area contributed by atoms with Crippen molar-refractivity contribution in [2.75, 3.05) is 23.3 Å². The largest absolute Gasteiger partial charge is 0.489 e. The topological polar surface area (TPSA) is 227 Å². The van der Waals surface area contributed by atoms with E-state index in [1.807, 2.05) is 65.0 Å². The van der Waals surface area contributed by atoms with Gasteiger partial charge in [-0.1, -0.05) is 58.0 Å². The highest BCUT2D eigenvalue weighted by molar-refractivity contribution is 7.92. The second-order valence-corrected chi connectivity index (χ2v) is 24.4. The first kappa shape index (κ1) is 51.7. The Hall–Kier alpha value is -7.15. The van der Waals surface area contributed by atoms with E-state index in [-0.39, 0.29) is 59.9 Å². The van der Waals surface area contributed by atoms with Gasteiger partial charge in [0.15, 0.2) is 15.7 Å². The molecular formula is C55H67N11O7S. The van der Waals surface area contributed by atoms with Crippen LogP contribution in [0.25, 0.3) is 10.9 Å². The lowest BCUT2D eigenvalue weighted by molar-refractivity contribution is -0.147. The van der Waals surface area contributed by atoms with Crippen molar-refractivity contribution in [3.63, 3.8) is 0 Å². The number of anilines is 3. The summed E-state index contributed by atoms with van der Waals surface area (Å²) in [4.78, 5) is 63.8. The van der Waals surface area contributed by atoms with E-state index in [1.165, 1.54) is 18.2 Å². The predicted octanol–water partition coefficient (Wildman–Crippen LogP) is 8.30. The molecule has 1 saturated heterocycles. The molecule has 3 amide bonds. The molecule has 19 heteroatoms. The number of aryl methyl sites for hydroxylation is 2. The lowest BCUT2D eigenvalue weighted by Gasteiger charge is -2.41. The summed E-state index contributed by atoms with van der Waals surface area (Å²) in [6.45, 7) is 17.6. The molecule has 18 nitrogen and oxygen atoms in total. The fourth-order valence-electron chi connectivity index (χ4n) is 9.92. The van der Waals surface area contributed by atoms with E-state index in [9.17, 15) is 22.8 Å². The van der Waals surface area contributed by atoms with E-state index >= 15 is 0 Å². The molecule has 3 aromatic carbocycles. The zero-order valence-corrected chi connectivity index (χ0v) is 44.5. The highest BCUT2D eigenvalue weighted by Crippen LogP contribution is 2.40. The van der Waals surface area contributed by atoms with Crippen LogP contribution in [0.2, 0.25) is 0 Å². The normalized spacial score (nSPS) is 17.7. The Bertz CT molecular complexity index is 3210. The first-order valence-corrected chi connectivity index (χ1v) is 27.0. The van der Waals surface area contributed by atoms with E-state index in [2.05, 4.69) is 63.1 Å². The first-order chi connectivity index (χ1) is 35.2. The van der Waals surface area contributed by atoms with Gasteiger partial charge in [-0.25, -0.2) is 28.4 Å². The number of rotatable bonds is 13. The third-order valence-electron chi connectivity index (χ3n) is 14.5. The van der Waals surface area contributed by atoms with Crippen LogP contribution in [-0.4, -0.2) is 97.2 Å². The molecule has 5 heterocycles. The van der Waals surface area contributed by atoms with Crippen molar-refractivity contribution in [2.45, 2.75) is 148 Å². The van der Waals surface area contributed by atoms with Gasteiger partial charge in [0.1, 0.15) is 58.9 Å². The van der Waals surface area contributed by atoms with Crippen LogP contribution in [0.4, 0.5) is 17.5 Å². The number of fused-ring (bicyclic) bond motifs is 3. The number of hydrogen-bond acceptors (Lipinski definition) is 14. The van der Waals surface area contributed by atoms with Crippen molar-refractivity contribution in [3.05, 3.63) is 107 Å². The highest BCUT2D eigenvalue weighted by Gasteiger charge is 2.43. The molecule has 0 unspecified atom stereocenters. The third kappa shape index (κ3) is 10.7. The van der Waals surface area contributed by atoms with Gasteiger partial charge >= 0.3 is 0 Å². The summed E-state index contributed by atoms with van der Waals surface area (Å²) in [5.41, 5.74) is 5.76. The molecule has 3 aromatic heterocycles. The minimum Gasteiger partial charge on any atom is -0.489 e. The SMILES string of the molecule is CCC(=O)N[C@H](C(=O)N1Cc2cc(Oc3cc(N4CCC(Oc5cc6ncnc(Nc7n[nH]c(C)c7C)c6cc5S(=O)(=O)C(C)(C)C)CC4)ncn3)ccc2C[C@H]1C(=O)N[C@@H]1CCCc2ccccc21)C(C)(C)C. The van der Waals surface area contributed by atoms with Crippen LogP contribution in [0.15, 0.2) is 78.2 Å². The van der Waals surface area contributed by atoms with Crippen molar-refractivity contribution in [1.29, 1.82) is 0 Å². The van der Waals surface area contributed by atoms with E-state index in [1.54, 1.807) is 50.8 Å². The smallest absolute Gasteiger partial charge is 0.246 e. The molecule has 390 valence electrons. The van der Waals surface area contributed by atoms with Crippen LogP contribution < -0.4 is 30.3 Å². The van der Waals surface area contributed by atoms with Crippen LogP contribution in [-0.2, 0) is 43.6 Å². The molecule has 9 rings (SSSR count). The Morgan fingerprint density at radius 1 is 0.865 bits per heavy atom. The van der Waals surface area contributed by atoms with Crippen molar-refractivity contribution in [1.82, 2.24) is 45.7 Å². The second kappa shape index (κ2) is 20.6. The molecule has 6 aromatic rings. The van der Waals surface area contributed by atoms with Gasteiger partial charge in [-0.05, 0) is 99.7 Å². The molecule has 0 radical (unpaired) electrons. The lowest BCUT2D eigenvalue weighted by atomic mass is 9.83. The average molecular weight is 1030 g/mol. The molecular weight excluding hydrogens is 959 g/mol. The molecule has 4 N–H and O–H groups in total. The number of sulfone groups is 1. The minimum absolute atomic E-state index is 0.0628. The number of piperidine rings is 1. The summed E-state index contributed by atoms with van der Waals surface area (Å²) in [6.07, 6.45) is 6.94. The van der Waals surface area contributed by atoms with Gasteiger partial charge in [-0.2, -0.15) is 5.10 Å². The summed E-state index contributed by atoms with van der Waals surface area (Å²) in [5, 5.41) is 17.3. The second-order valence-electron chi connectivity index (χ2n) is 21.7. The summed E-state index contributed by atoms with van der Waals surface area (Å²) < 4.78 is 40.2. The number of carbonyl (C=O) groups excluding carboxylic acids is 3. The molecule has 74 heavy (non-hydrogen) atoms. The zero-order chi connectivity index (χ0) is 52.7. The van der Waals surface area contributed by atoms with E-state index in [0.29, 0.717) is 65.9 Å². The van der Waals surface area contributed by atoms with Crippen LogP contribution >= 0.6 is 0 Å². The van der Waals surface area contributed by atoms with Crippen molar-refractivity contribution in [3.8, 4) is 17.4 Å². The van der Waals surface area contributed by atoms with Gasteiger partial charge in [0.25, 0.3) is 0 Å². The van der Waals surface area contributed by atoms with Crippen LogP contribution in [0.3, 0.4) is 0 Å². The molecule has 0 bridgehead atoms. The van der Waals surface area contributed by atoms with E-state index in [4.69, 9.17) is 9.47 Å². The molecule has 2 aliphatic heterocycles. The third-order valence-corrected chi connectivity index (χ3v) is 17.0. The van der Waals surface area contributed by atoms with Crippen molar-refractivity contribution < 1.29 is 32.3 Å². The molecule has 0 spiro atoms. The van der Waals surface area contributed by atoms with Crippen LogP contribution in [0.5, 0.6) is 17.4 Å². The zero-order valence-electron chi connectivity index (χ0n) is 43.7. The maximum atomic E-state index is 14.7. The van der Waals surface area contributed by atoms with Gasteiger partial charge in [-0.15, -0.1) is 0 Å². The van der Waals surface area contributed by atoms with Gasteiger partial charge in [0, 0.05) is 74.1 Å². The summed E-state index contributed by atoms with van der Waals surface area (Å²) in [7, 11) is -3.89. The first-order valence-electron chi connectivity index (χ1n) is 25.5. The monoisotopic (exact) mass is 1030 g/mol. The molecule has 3 atom stereocenters. The molecule has 0 saturated carbocycles. The van der Waals surface area contributed by atoms with Gasteiger partial charge < -0.3 is 35.2 Å². The van der Waals surface area contributed by atoms with Crippen LogP contribution in [0.1, 0.15) is 120 Å². The van der Waals surface area contributed by atoms with E-state index in [0.717, 1.165) is 47.2 Å². The van der Waals surface area contributed by atoms with Gasteiger partial charge in [0.2, 0.25) is 23.6 Å². The summed E-state index contributed by atoms with van der Waals surface area (Å²) in [5.74, 6) is 1.92. The van der Waals surface area contributed by atoms with Gasteiger partial charge in [0.05, 0.1) is 16.3 Å². The Morgan fingerprint density at radius 2 is 1.62 bits per heavy atom. The summed E-state index contributed by atoms with van der Waals surface area (Å²) >= 11 is 0. The fourth-order valence-corrected chi connectivity index (χ4v) is 11.2. The maximum Gasteiger partial charge on any atom is 0.246 e. The van der Waals surface area contributed by atoms with Crippen molar-refractivity contribution >= 4 is 55.9 Å². The number of hydrogen-bond donors (Lipinski definition) is 4. The quantitative estimate of drug-likeness (QED) is 0.0854. The Morgan fingerprint density at radius 3 is 2.34 bits per heavy atom. The molecule has 1 aliphatic carbocycles. The number of aromatic amines is 1. The van der Waals surface area contributed by atoms with Crippen LogP contribution in [0, 0.1) is 19.3 Å². The highest BCUT2D eigenvalue weighted by atomic mass is 32.2. The number of aromatic nitrogens is 6. The van der Waals surface area contributed by atoms with E-state index < -0.39 is 32.1 Å². The number of nitrogens with one attached hydrogen (secondary N) is 4. The average Bonchev–Trinajstić information content (AvgIpc) is 3.69. The summed E-state index contributed by atoms with van der Waals surface area (Å²) in [6, 6.07) is 17.1. The predicted molar refractivity (Wildman–Crippen MR) is 282 cm³/mol. The fraction of sp³-hybridized carbons (Fsp3) is 0.455. The van der Waals surface area contributed by atoms with Crippen molar-refractivity contribution in [2.24, 2.45) is 5.41 Å².